The molecule has 0 bridgehead atoms. The zero-order valence-corrected chi connectivity index (χ0v) is 14.2. The highest BCUT2D eigenvalue weighted by molar-refractivity contribution is 6.06. The summed E-state index contributed by atoms with van der Waals surface area (Å²) in [5, 5.41) is 12.8. The number of hydrogen-bond donors (Lipinski definition) is 1. The third-order valence-electron chi connectivity index (χ3n) is 5.30. The first-order valence-corrected chi connectivity index (χ1v) is 9.23. The average molecular weight is 322 g/mol. The summed E-state index contributed by atoms with van der Waals surface area (Å²) in [5.74, 6) is 1.58. The van der Waals surface area contributed by atoms with Gasteiger partial charge in [-0.05, 0) is 31.3 Å². The van der Waals surface area contributed by atoms with Crippen molar-refractivity contribution in [2.75, 3.05) is 26.2 Å². The summed E-state index contributed by atoms with van der Waals surface area (Å²) >= 11 is 0. The van der Waals surface area contributed by atoms with Gasteiger partial charge < -0.3 is 10.2 Å². The van der Waals surface area contributed by atoms with Crippen LogP contribution in [0.4, 0.5) is 0 Å². The lowest BCUT2D eigenvalue weighted by Crippen LogP contribution is -2.49. The van der Waals surface area contributed by atoms with Crippen LogP contribution in [0.3, 0.4) is 0 Å². The summed E-state index contributed by atoms with van der Waals surface area (Å²) in [6.07, 6.45) is 18.9. The largest absolute Gasteiger partial charge is 0.355 e. The van der Waals surface area contributed by atoms with Gasteiger partial charge in [0.25, 0.3) is 0 Å². The molecule has 1 saturated heterocycles. The Labute approximate surface area is 144 Å². The molecule has 126 valence electrons. The van der Waals surface area contributed by atoms with E-state index in [0.717, 1.165) is 58.3 Å². The molecule has 0 saturated carbocycles. The molecule has 2 heterocycles. The molecule has 0 aromatic heterocycles. The van der Waals surface area contributed by atoms with Crippen molar-refractivity contribution in [3.05, 3.63) is 47.6 Å². The van der Waals surface area contributed by atoms with Gasteiger partial charge in [-0.2, -0.15) is 5.10 Å². The molecule has 0 radical (unpaired) electrons. The van der Waals surface area contributed by atoms with Gasteiger partial charge in [0.2, 0.25) is 0 Å². The van der Waals surface area contributed by atoms with Gasteiger partial charge in [0.15, 0.2) is 0 Å². The van der Waals surface area contributed by atoms with E-state index < -0.39 is 0 Å². The van der Waals surface area contributed by atoms with Crippen LogP contribution in [0.1, 0.15) is 32.1 Å². The molecule has 1 atom stereocenters. The molecular weight excluding hydrogens is 296 g/mol. The molecule has 4 heteroatoms. The maximum Gasteiger partial charge on any atom is 0.135 e. The number of amidine groups is 1. The van der Waals surface area contributed by atoms with E-state index in [1.54, 1.807) is 0 Å². The van der Waals surface area contributed by atoms with E-state index in [1.165, 1.54) is 22.7 Å². The van der Waals surface area contributed by atoms with Gasteiger partial charge in [-0.3, -0.25) is 0 Å². The number of rotatable bonds is 2. The predicted octanol–water partition coefficient (Wildman–Crippen LogP) is 3.22. The molecule has 2 aliphatic carbocycles. The molecule has 4 aliphatic rings. The third kappa shape index (κ3) is 3.29. The molecule has 0 amide bonds. The Morgan fingerprint density at radius 2 is 1.75 bits per heavy atom. The molecular formula is C20H26N4. The van der Waals surface area contributed by atoms with Crippen LogP contribution in [-0.2, 0) is 0 Å². The third-order valence-corrected chi connectivity index (χ3v) is 5.30. The molecule has 0 aromatic rings. The Hall–Kier alpha value is -1.94. The summed E-state index contributed by atoms with van der Waals surface area (Å²) in [5.41, 5.74) is 4.09. The minimum atomic E-state index is 0.396. The van der Waals surface area contributed by atoms with Crippen LogP contribution >= 0.6 is 0 Å². The maximum atomic E-state index is 4.74. The van der Waals surface area contributed by atoms with Crippen molar-refractivity contribution in [2.24, 2.45) is 16.1 Å². The van der Waals surface area contributed by atoms with E-state index in [-0.39, 0.29) is 0 Å². The monoisotopic (exact) mass is 322 g/mol. The second-order valence-corrected chi connectivity index (χ2v) is 6.87. The Kier molecular flexibility index (Phi) is 4.74. The van der Waals surface area contributed by atoms with Gasteiger partial charge in [0.1, 0.15) is 5.84 Å². The van der Waals surface area contributed by atoms with Crippen LogP contribution in [0.5, 0.6) is 0 Å². The van der Waals surface area contributed by atoms with Crippen molar-refractivity contribution in [1.82, 2.24) is 10.2 Å². The van der Waals surface area contributed by atoms with Crippen LogP contribution in [-0.4, -0.2) is 42.6 Å². The van der Waals surface area contributed by atoms with Crippen molar-refractivity contribution in [3.63, 3.8) is 0 Å². The van der Waals surface area contributed by atoms with Crippen molar-refractivity contribution in [1.29, 1.82) is 0 Å². The Bertz CT molecular complexity index is 657. The fourth-order valence-electron chi connectivity index (χ4n) is 3.93. The smallest absolute Gasteiger partial charge is 0.135 e. The second-order valence-electron chi connectivity index (χ2n) is 6.87. The summed E-state index contributed by atoms with van der Waals surface area (Å²) in [6.45, 7) is 4.15. The molecule has 0 spiro atoms. The van der Waals surface area contributed by atoms with Gasteiger partial charge in [-0.25, -0.2) is 0 Å². The van der Waals surface area contributed by atoms with Crippen molar-refractivity contribution in [2.45, 2.75) is 32.1 Å². The normalized spacial score (nSPS) is 27.3. The van der Waals surface area contributed by atoms with Crippen LogP contribution < -0.4 is 5.32 Å². The standard InChI is InChI=1S/C20H26N4/c1-3-7-16(8-4-1)18-15-19(17-9-5-2-6-10-17)22-23-20(18)24-13-11-21-12-14-24/h1-3,5,7,9,18,21H,4,6,8,10-15H2. The molecule has 1 N–H and O–H groups in total. The fourth-order valence-corrected chi connectivity index (χ4v) is 3.93. The van der Waals surface area contributed by atoms with E-state index in [2.05, 4.69) is 51.8 Å². The van der Waals surface area contributed by atoms with E-state index in [1.807, 2.05) is 0 Å². The van der Waals surface area contributed by atoms with Crippen LogP contribution in [0.2, 0.25) is 0 Å². The number of allylic oxidation sites excluding steroid dienone is 7. The molecule has 24 heavy (non-hydrogen) atoms. The van der Waals surface area contributed by atoms with Gasteiger partial charge in [-0.15, -0.1) is 5.10 Å². The number of nitrogens with one attached hydrogen (secondary N) is 1. The Balaban J connectivity index is 1.64. The molecule has 1 fully saturated rings. The highest BCUT2D eigenvalue weighted by atomic mass is 15.3. The Morgan fingerprint density at radius 1 is 0.958 bits per heavy atom. The van der Waals surface area contributed by atoms with Crippen molar-refractivity contribution in [3.8, 4) is 0 Å². The molecule has 0 aromatic carbocycles. The predicted molar refractivity (Wildman–Crippen MR) is 100 cm³/mol. The minimum Gasteiger partial charge on any atom is -0.355 e. The molecule has 2 aliphatic heterocycles. The lowest BCUT2D eigenvalue weighted by Gasteiger charge is -2.36. The summed E-state index contributed by atoms with van der Waals surface area (Å²) < 4.78 is 0. The highest BCUT2D eigenvalue weighted by Crippen LogP contribution is 2.31. The SMILES string of the molecule is C1=CCCC(C2=NN=C(N3CCNCC3)C(C3=CC=CCC3)C2)=C1. The lowest BCUT2D eigenvalue weighted by atomic mass is 9.83. The summed E-state index contributed by atoms with van der Waals surface area (Å²) in [4.78, 5) is 2.44. The summed E-state index contributed by atoms with van der Waals surface area (Å²) in [6, 6.07) is 0. The molecule has 1 unspecified atom stereocenters. The first-order valence-electron chi connectivity index (χ1n) is 9.23. The van der Waals surface area contributed by atoms with E-state index >= 15 is 0 Å². The van der Waals surface area contributed by atoms with Crippen LogP contribution in [0.25, 0.3) is 0 Å². The van der Waals surface area contributed by atoms with Gasteiger partial charge in [0, 0.05) is 38.5 Å². The van der Waals surface area contributed by atoms with Gasteiger partial charge in [-0.1, -0.05) is 42.0 Å². The van der Waals surface area contributed by atoms with Crippen molar-refractivity contribution < 1.29 is 0 Å². The maximum absolute atomic E-state index is 4.74. The van der Waals surface area contributed by atoms with Gasteiger partial charge >= 0.3 is 0 Å². The second kappa shape index (κ2) is 7.31. The minimum absolute atomic E-state index is 0.396. The molecule has 4 nitrogen and oxygen atoms in total. The highest BCUT2D eigenvalue weighted by Gasteiger charge is 2.31. The van der Waals surface area contributed by atoms with E-state index in [4.69, 9.17) is 5.10 Å². The van der Waals surface area contributed by atoms with Gasteiger partial charge in [0.05, 0.1) is 5.71 Å². The average Bonchev–Trinajstić information content (AvgIpc) is 2.69. The fraction of sp³-hybridized carbons (Fsp3) is 0.500. The number of nitrogens with zero attached hydrogens (tertiary/aromatic N) is 3. The van der Waals surface area contributed by atoms with Crippen LogP contribution in [0.15, 0.2) is 57.8 Å². The zero-order chi connectivity index (χ0) is 16.2. The number of piperazine rings is 1. The molecule has 4 rings (SSSR count). The Morgan fingerprint density at radius 3 is 2.46 bits per heavy atom. The lowest BCUT2D eigenvalue weighted by molar-refractivity contribution is 0.342. The van der Waals surface area contributed by atoms with E-state index in [0.29, 0.717) is 5.92 Å². The van der Waals surface area contributed by atoms with Crippen LogP contribution in [0, 0.1) is 5.92 Å². The number of hydrogen-bond acceptors (Lipinski definition) is 4. The first-order chi connectivity index (χ1) is 11.9. The zero-order valence-electron chi connectivity index (χ0n) is 14.2. The summed E-state index contributed by atoms with van der Waals surface area (Å²) in [7, 11) is 0. The topological polar surface area (TPSA) is 40.0 Å². The first kappa shape index (κ1) is 15.6. The van der Waals surface area contributed by atoms with Crippen molar-refractivity contribution >= 4 is 11.5 Å². The quantitative estimate of drug-likeness (QED) is 0.848. The van der Waals surface area contributed by atoms with E-state index in [9.17, 15) is 0 Å².